The van der Waals surface area contributed by atoms with Crippen LogP contribution in [-0.4, -0.2) is 57.0 Å². The molecule has 0 bridgehead atoms. The number of ether oxygens (including phenoxy) is 2. The van der Waals surface area contributed by atoms with Gasteiger partial charge in [-0.1, -0.05) is 65.7 Å². The van der Waals surface area contributed by atoms with E-state index in [-0.39, 0.29) is 16.5 Å². The maximum atomic E-state index is 13.7. The van der Waals surface area contributed by atoms with Crippen LogP contribution in [0.4, 0.5) is 0 Å². The van der Waals surface area contributed by atoms with Gasteiger partial charge in [0.05, 0.1) is 18.2 Å². The van der Waals surface area contributed by atoms with Gasteiger partial charge in [0.2, 0.25) is 10.0 Å². The van der Waals surface area contributed by atoms with Crippen LogP contribution in [0.2, 0.25) is 10.0 Å². The Morgan fingerprint density at radius 3 is 2.44 bits per heavy atom. The lowest BCUT2D eigenvalue weighted by Crippen LogP contribution is -2.39. The van der Waals surface area contributed by atoms with Gasteiger partial charge < -0.3 is 9.47 Å². The summed E-state index contributed by atoms with van der Waals surface area (Å²) in [5.41, 5.74) is 1.89. The van der Waals surface area contributed by atoms with Crippen molar-refractivity contribution in [1.29, 1.82) is 0 Å². The predicted octanol–water partition coefficient (Wildman–Crippen LogP) is 5.49. The SMILES string of the molecule is O=S(=O)(c1cc(Cl)ccc1Cl)N(CCCN1CCOCC1)Cc1cccc(OCc2ccccc2)c1. The van der Waals surface area contributed by atoms with E-state index in [1.54, 1.807) is 6.07 Å². The van der Waals surface area contributed by atoms with Gasteiger partial charge in [0.15, 0.2) is 0 Å². The summed E-state index contributed by atoms with van der Waals surface area (Å²) in [6.45, 7) is 4.88. The minimum absolute atomic E-state index is 0.0134. The predicted molar refractivity (Wildman–Crippen MR) is 143 cm³/mol. The zero-order valence-corrected chi connectivity index (χ0v) is 22.3. The third-order valence-electron chi connectivity index (χ3n) is 6.00. The van der Waals surface area contributed by atoms with Crippen molar-refractivity contribution in [3.63, 3.8) is 0 Å². The van der Waals surface area contributed by atoms with Crippen molar-refractivity contribution in [2.75, 3.05) is 39.4 Å². The average Bonchev–Trinajstić information content (AvgIpc) is 2.89. The molecule has 0 unspecified atom stereocenters. The van der Waals surface area contributed by atoms with Crippen LogP contribution in [0.15, 0.2) is 77.7 Å². The van der Waals surface area contributed by atoms with Crippen LogP contribution in [-0.2, 0) is 27.9 Å². The number of halogens is 2. The van der Waals surface area contributed by atoms with Crippen LogP contribution in [0, 0.1) is 0 Å². The van der Waals surface area contributed by atoms with Crippen LogP contribution in [0.1, 0.15) is 17.5 Å². The normalized spacial score (nSPS) is 14.8. The molecule has 0 aliphatic carbocycles. The van der Waals surface area contributed by atoms with Crippen molar-refractivity contribution in [2.45, 2.75) is 24.5 Å². The Kier molecular flexibility index (Phi) is 9.65. The smallest absolute Gasteiger partial charge is 0.244 e. The van der Waals surface area contributed by atoms with E-state index < -0.39 is 10.0 Å². The molecule has 0 spiro atoms. The van der Waals surface area contributed by atoms with Gasteiger partial charge in [0, 0.05) is 31.2 Å². The summed E-state index contributed by atoms with van der Waals surface area (Å²) in [5, 5.41) is 0.472. The molecule has 0 atom stereocenters. The van der Waals surface area contributed by atoms with E-state index in [1.807, 2.05) is 54.6 Å². The number of rotatable bonds is 11. The zero-order valence-electron chi connectivity index (χ0n) is 20.0. The average molecular weight is 550 g/mol. The number of morpholine rings is 1. The minimum atomic E-state index is -3.89. The summed E-state index contributed by atoms with van der Waals surface area (Å²) in [5.74, 6) is 0.683. The molecule has 4 rings (SSSR count). The molecule has 0 amide bonds. The lowest BCUT2D eigenvalue weighted by Gasteiger charge is -2.28. The van der Waals surface area contributed by atoms with Crippen molar-refractivity contribution >= 4 is 33.2 Å². The molecule has 0 radical (unpaired) electrons. The Labute approximate surface area is 223 Å². The summed E-state index contributed by atoms with van der Waals surface area (Å²) >= 11 is 12.4. The number of hydrogen-bond donors (Lipinski definition) is 0. The van der Waals surface area contributed by atoms with E-state index >= 15 is 0 Å². The van der Waals surface area contributed by atoms with Gasteiger partial charge in [-0.2, -0.15) is 4.31 Å². The van der Waals surface area contributed by atoms with Crippen molar-refractivity contribution in [1.82, 2.24) is 9.21 Å². The highest BCUT2D eigenvalue weighted by molar-refractivity contribution is 7.89. The number of benzene rings is 3. The summed E-state index contributed by atoms with van der Waals surface area (Å²) in [6, 6.07) is 21.9. The first-order valence-corrected chi connectivity index (χ1v) is 14.1. The summed E-state index contributed by atoms with van der Waals surface area (Å²) in [7, 11) is -3.89. The third-order valence-corrected chi connectivity index (χ3v) is 8.56. The van der Waals surface area contributed by atoms with Crippen LogP contribution >= 0.6 is 23.2 Å². The quantitative estimate of drug-likeness (QED) is 0.317. The van der Waals surface area contributed by atoms with Crippen molar-refractivity contribution in [2.24, 2.45) is 0 Å². The Hall–Kier alpha value is -2.13. The summed E-state index contributed by atoms with van der Waals surface area (Å²) < 4.78 is 40.3. The third kappa shape index (κ3) is 7.44. The highest BCUT2D eigenvalue weighted by atomic mass is 35.5. The Balaban J connectivity index is 1.51. The number of hydrogen-bond acceptors (Lipinski definition) is 5. The highest BCUT2D eigenvalue weighted by Gasteiger charge is 2.27. The second kappa shape index (κ2) is 12.9. The standard InChI is InChI=1S/C27H30Cl2N2O4S/c28-24-10-11-26(29)27(19-24)36(32,33)31(13-5-12-30-14-16-34-17-15-30)20-23-8-4-9-25(18-23)35-21-22-6-2-1-3-7-22/h1-4,6-11,18-19H,5,12-17,20-21H2. The van der Waals surface area contributed by atoms with Crippen LogP contribution < -0.4 is 4.74 Å². The lowest BCUT2D eigenvalue weighted by atomic mass is 10.2. The molecule has 1 aliphatic rings. The van der Waals surface area contributed by atoms with Crippen LogP contribution in [0.3, 0.4) is 0 Å². The molecular weight excluding hydrogens is 519 g/mol. The fourth-order valence-corrected chi connectivity index (χ4v) is 6.28. The van der Waals surface area contributed by atoms with E-state index in [2.05, 4.69) is 4.90 Å². The second-order valence-electron chi connectivity index (χ2n) is 8.64. The van der Waals surface area contributed by atoms with Crippen molar-refractivity contribution < 1.29 is 17.9 Å². The molecule has 0 aromatic heterocycles. The van der Waals surface area contributed by atoms with Crippen LogP contribution in [0.25, 0.3) is 0 Å². The molecule has 1 heterocycles. The molecule has 0 saturated carbocycles. The number of nitrogens with zero attached hydrogens (tertiary/aromatic N) is 2. The van der Waals surface area contributed by atoms with Gasteiger partial charge in [0.1, 0.15) is 17.3 Å². The van der Waals surface area contributed by atoms with Gasteiger partial charge in [-0.3, -0.25) is 4.90 Å². The van der Waals surface area contributed by atoms with E-state index in [4.69, 9.17) is 32.7 Å². The van der Waals surface area contributed by atoms with E-state index in [1.165, 1.54) is 16.4 Å². The van der Waals surface area contributed by atoms with Crippen LogP contribution in [0.5, 0.6) is 5.75 Å². The molecule has 1 fully saturated rings. The van der Waals surface area contributed by atoms with Crippen molar-refractivity contribution in [3.8, 4) is 5.75 Å². The maximum Gasteiger partial charge on any atom is 0.244 e. The molecule has 1 saturated heterocycles. The second-order valence-corrected chi connectivity index (χ2v) is 11.4. The van der Waals surface area contributed by atoms with Gasteiger partial charge in [0.25, 0.3) is 0 Å². The van der Waals surface area contributed by atoms with Gasteiger partial charge in [-0.05, 0) is 54.4 Å². The lowest BCUT2D eigenvalue weighted by molar-refractivity contribution is 0.0368. The van der Waals surface area contributed by atoms with Gasteiger partial charge >= 0.3 is 0 Å². The first kappa shape index (κ1) is 26.9. The van der Waals surface area contributed by atoms with Gasteiger partial charge in [-0.25, -0.2) is 8.42 Å². The van der Waals surface area contributed by atoms with E-state index in [0.29, 0.717) is 43.6 Å². The van der Waals surface area contributed by atoms with Gasteiger partial charge in [-0.15, -0.1) is 0 Å². The highest BCUT2D eigenvalue weighted by Crippen LogP contribution is 2.29. The fourth-order valence-electron chi connectivity index (χ4n) is 4.07. The number of sulfonamides is 1. The van der Waals surface area contributed by atoms with E-state index in [0.717, 1.165) is 30.8 Å². The first-order valence-electron chi connectivity index (χ1n) is 11.9. The largest absolute Gasteiger partial charge is 0.489 e. The topological polar surface area (TPSA) is 59.1 Å². The molecule has 36 heavy (non-hydrogen) atoms. The maximum absolute atomic E-state index is 13.7. The Bertz CT molecular complexity index is 1240. The summed E-state index contributed by atoms with van der Waals surface area (Å²) in [4.78, 5) is 2.30. The minimum Gasteiger partial charge on any atom is -0.489 e. The Morgan fingerprint density at radius 1 is 0.917 bits per heavy atom. The molecule has 3 aromatic rings. The van der Waals surface area contributed by atoms with Crippen molar-refractivity contribution in [3.05, 3.63) is 94.0 Å². The zero-order chi connectivity index (χ0) is 25.4. The summed E-state index contributed by atoms with van der Waals surface area (Å²) in [6.07, 6.45) is 0.682. The fraction of sp³-hybridized carbons (Fsp3) is 0.333. The monoisotopic (exact) mass is 548 g/mol. The Morgan fingerprint density at radius 2 is 1.67 bits per heavy atom. The molecule has 9 heteroatoms. The molecule has 0 N–H and O–H groups in total. The first-order chi connectivity index (χ1) is 17.4. The molecule has 192 valence electrons. The molecule has 3 aromatic carbocycles. The molecule has 6 nitrogen and oxygen atoms in total. The molecule has 1 aliphatic heterocycles. The van der Waals surface area contributed by atoms with E-state index in [9.17, 15) is 8.42 Å². The molecular formula is C27H30Cl2N2O4S.